The smallest absolute Gasteiger partial charge is 0.251 e. The van der Waals surface area contributed by atoms with E-state index in [1.807, 2.05) is 23.1 Å². The summed E-state index contributed by atoms with van der Waals surface area (Å²) in [6.45, 7) is 1.01. The van der Waals surface area contributed by atoms with Gasteiger partial charge < -0.3 is 15.7 Å². The van der Waals surface area contributed by atoms with E-state index in [4.69, 9.17) is 5.73 Å². The topological polar surface area (TPSA) is 79.5 Å². The Kier molecular flexibility index (Phi) is 2.78. The molecule has 5 nitrogen and oxygen atoms in total. The van der Waals surface area contributed by atoms with Crippen molar-refractivity contribution in [2.24, 2.45) is 5.73 Å². The molecule has 2 heterocycles. The number of anilines is 1. The van der Waals surface area contributed by atoms with Crippen molar-refractivity contribution in [3.8, 4) is 0 Å². The van der Waals surface area contributed by atoms with Crippen molar-refractivity contribution in [3.05, 3.63) is 24.4 Å². The number of aliphatic hydroxyl groups is 1. The molecule has 0 aromatic carbocycles. The van der Waals surface area contributed by atoms with Gasteiger partial charge in [0.25, 0.3) is 5.91 Å². The fourth-order valence-electron chi connectivity index (χ4n) is 1.97. The van der Waals surface area contributed by atoms with Crippen LogP contribution in [0.5, 0.6) is 0 Å². The molecule has 1 amide bonds. The van der Waals surface area contributed by atoms with Gasteiger partial charge >= 0.3 is 0 Å². The second-order valence-corrected chi connectivity index (χ2v) is 4.11. The van der Waals surface area contributed by atoms with Crippen molar-refractivity contribution >= 4 is 11.7 Å². The Morgan fingerprint density at radius 2 is 2.38 bits per heavy atom. The molecule has 1 fully saturated rings. The van der Waals surface area contributed by atoms with Gasteiger partial charge in [0, 0.05) is 12.7 Å². The summed E-state index contributed by atoms with van der Waals surface area (Å²) >= 11 is 0. The number of β-amino-alcohol motifs (C(OH)–C–C–N with tert-alkyl or cyclic N) is 1. The minimum absolute atomic E-state index is 0.222. The van der Waals surface area contributed by atoms with Crippen LogP contribution in [0.25, 0.3) is 0 Å². The Balaban J connectivity index is 2.17. The zero-order valence-electron chi connectivity index (χ0n) is 8.97. The quantitative estimate of drug-likeness (QED) is 0.730. The normalized spacial score (nSPS) is 25.4. The van der Waals surface area contributed by atoms with E-state index < -0.39 is 11.5 Å². The van der Waals surface area contributed by atoms with E-state index in [9.17, 15) is 9.90 Å². The van der Waals surface area contributed by atoms with Crippen molar-refractivity contribution in [1.82, 2.24) is 4.98 Å². The van der Waals surface area contributed by atoms with Crippen molar-refractivity contribution in [2.75, 3.05) is 18.0 Å². The third-order valence-electron chi connectivity index (χ3n) is 2.90. The molecule has 0 spiro atoms. The molecule has 1 aliphatic rings. The summed E-state index contributed by atoms with van der Waals surface area (Å²) in [6.07, 6.45) is 2.84. The number of rotatable bonds is 2. The number of hydrogen-bond donors (Lipinski definition) is 2. The molecule has 1 unspecified atom stereocenters. The predicted molar refractivity (Wildman–Crippen MR) is 59.8 cm³/mol. The van der Waals surface area contributed by atoms with Crippen molar-refractivity contribution in [2.45, 2.75) is 18.4 Å². The van der Waals surface area contributed by atoms with E-state index >= 15 is 0 Å². The summed E-state index contributed by atoms with van der Waals surface area (Å²) in [5, 5.41) is 10.0. The van der Waals surface area contributed by atoms with Gasteiger partial charge in [0.15, 0.2) is 5.60 Å². The lowest BCUT2D eigenvalue weighted by molar-refractivity contribution is -0.137. The molecule has 1 aromatic rings. The maximum atomic E-state index is 11.2. The Bertz CT molecular complexity index is 382. The first-order valence-corrected chi connectivity index (χ1v) is 5.30. The molecule has 86 valence electrons. The maximum Gasteiger partial charge on any atom is 0.251 e. The molecule has 0 bridgehead atoms. The van der Waals surface area contributed by atoms with Crippen LogP contribution in [0.4, 0.5) is 5.82 Å². The lowest BCUT2D eigenvalue weighted by Gasteiger charge is -2.37. The number of nitrogens with zero attached hydrogens (tertiary/aromatic N) is 2. The Morgan fingerprint density at radius 1 is 1.56 bits per heavy atom. The van der Waals surface area contributed by atoms with Crippen molar-refractivity contribution < 1.29 is 9.90 Å². The van der Waals surface area contributed by atoms with Gasteiger partial charge in [0.1, 0.15) is 5.82 Å². The lowest BCUT2D eigenvalue weighted by atomic mass is 9.92. The number of amides is 1. The Labute approximate surface area is 93.9 Å². The molecular weight excluding hydrogens is 206 g/mol. The minimum atomic E-state index is -1.42. The fourth-order valence-corrected chi connectivity index (χ4v) is 1.97. The molecule has 0 radical (unpaired) electrons. The van der Waals surface area contributed by atoms with Gasteiger partial charge in [-0.05, 0) is 25.0 Å². The van der Waals surface area contributed by atoms with Crippen molar-refractivity contribution in [1.29, 1.82) is 0 Å². The van der Waals surface area contributed by atoms with E-state index in [1.54, 1.807) is 6.20 Å². The first kappa shape index (κ1) is 10.9. The molecule has 0 aliphatic carbocycles. The zero-order valence-corrected chi connectivity index (χ0v) is 8.97. The summed E-state index contributed by atoms with van der Waals surface area (Å²) < 4.78 is 0. The average molecular weight is 221 g/mol. The summed E-state index contributed by atoms with van der Waals surface area (Å²) in [5.41, 5.74) is 3.78. The third kappa shape index (κ3) is 1.99. The van der Waals surface area contributed by atoms with Crippen LogP contribution in [-0.2, 0) is 4.79 Å². The van der Waals surface area contributed by atoms with Crippen LogP contribution in [0.2, 0.25) is 0 Å². The third-order valence-corrected chi connectivity index (χ3v) is 2.90. The SMILES string of the molecule is NC(=O)C1(O)CCCN(c2ccccn2)C1. The highest BCUT2D eigenvalue weighted by Crippen LogP contribution is 2.24. The molecule has 2 rings (SSSR count). The van der Waals surface area contributed by atoms with E-state index in [-0.39, 0.29) is 6.54 Å². The molecule has 1 aromatic heterocycles. The highest BCUT2D eigenvalue weighted by Gasteiger charge is 2.38. The fraction of sp³-hybridized carbons (Fsp3) is 0.455. The molecule has 1 aliphatic heterocycles. The standard InChI is InChI=1S/C11H15N3O2/c12-10(15)11(16)5-3-7-14(8-11)9-4-1-2-6-13-9/h1-2,4,6,16H,3,5,7-8H2,(H2,12,15). The van der Waals surface area contributed by atoms with Gasteiger partial charge in [-0.1, -0.05) is 6.07 Å². The number of carbonyl (C=O) groups is 1. The van der Waals surface area contributed by atoms with Crippen molar-refractivity contribution in [3.63, 3.8) is 0 Å². The highest BCUT2D eigenvalue weighted by atomic mass is 16.3. The summed E-state index contributed by atoms with van der Waals surface area (Å²) in [5.74, 6) is 0.106. The molecule has 16 heavy (non-hydrogen) atoms. The van der Waals surface area contributed by atoms with Crippen LogP contribution >= 0.6 is 0 Å². The van der Waals surface area contributed by atoms with Gasteiger partial charge in [-0.3, -0.25) is 4.79 Å². The average Bonchev–Trinajstić information content (AvgIpc) is 2.30. The number of piperidine rings is 1. The number of pyridine rings is 1. The Hall–Kier alpha value is -1.62. The van der Waals surface area contributed by atoms with Gasteiger partial charge in [0.2, 0.25) is 0 Å². The van der Waals surface area contributed by atoms with E-state index in [2.05, 4.69) is 4.98 Å². The van der Waals surface area contributed by atoms with Crippen LogP contribution < -0.4 is 10.6 Å². The summed E-state index contributed by atoms with van der Waals surface area (Å²) in [7, 11) is 0. The van der Waals surface area contributed by atoms with Gasteiger partial charge in [-0.15, -0.1) is 0 Å². The number of aromatic nitrogens is 1. The number of hydrogen-bond acceptors (Lipinski definition) is 4. The summed E-state index contributed by atoms with van der Waals surface area (Å²) in [4.78, 5) is 17.3. The molecule has 5 heteroatoms. The predicted octanol–water partition coefficient (Wildman–Crippen LogP) is -0.102. The second-order valence-electron chi connectivity index (χ2n) is 4.11. The maximum absolute atomic E-state index is 11.2. The van der Waals surface area contributed by atoms with E-state index in [1.165, 1.54) is 0 Å². The first-order chi connectivity index (χ1) is 7.62. The number of nitrogens with two attached hydrogens (primary N) is 1. The van der Waals surface area contributed by atoms with Gasteiger partial charge in [0.05, 0.1) is 6.54 Å². The zero-order chi connectivity index (χ0) is 11.6. The Morgan fingerprint density at radius 3 is 3.00 bits per heavy atom. The van der Waals surface area contributed by atoms with Crippen LogP contribution in [-0.4, -0.2) is 34.7 Å². The van der Waals surface area contributed by atoms with Crippen LogP contribution in [0.1, 0.15) is 12.8 Å². The van der Waals surface area contributed by atoms with Gasteiger partial charge in [-0.2, -0.15) is 0 Å². The molecule has 1 atom stereocenters. The molecule has 1 saturated heterocycles. The minimum Gasteiger partial charge on any atom is -0.378 e. The molecular formula is C11H15N3O2. The molecule has 0 saturated carbocycles. The number of carbonyl (C=O) groups excluding carboxylic acids is 1. The van der Waals surface area contributed by atoms with E-state index in [0.717, 1.165) is 18.8 Å². The monoisotopic (exact) mass is 221 g/mol. The van der Waals surface area contributed by atoms with Crippen LogP contribution in [0, 0.1) is 0 Å². The summed E-state index contributed by atoms with van der Waals surface area (Å²) in [6, 6.07) is 5.56. The second kappa shape index (κ2) is 4.09. The lowest BCUT2D eigenvalue weighted by Crippen LogP contribution is -2.56. The van der Waals surface area contributed by atoms with E-state index in [0.29, 0.717) is 6.42 Å². The number of primary amides is 1. The highest BCUT2D eigenvalue weighted by molar-refractivity contribution is 5.84. The largest absolute Gasteiger partial charge is 0.378 e. The molecule has 3 N–H and O–H groups in total. The van der Waals surface area contributed by atoms with Crippen LogP contribution in [0.3, 0.4) is 0 Å². The first-order valence-electron chi connectivity index (χ1n) is 5.30. The van der Waals surface area contributed by atoms with Gasteiger partial charge in [-0.25, -0.2) is 4.98 Å². The van der Waals surface area contributed by atoms with Crippen LogP contribution in [0.15, 0.2) is 24.4 Å².